The molecule has 1 unspecified atom stereocenters. The van der Waals surface area contributed by atoms with Crippen molar-refractivity contribution in [3.05, 3.63) is 23.4 Å². The zero-order chi connectivity index (χ0) is 13.1. The number of rotatable bonds is 2. The van der Waals surface area contributed by atoms with Crippen LogP contribution in [-0.2, 0) is 9.53 Å². The van der Waals surface area contributed by atoms with E-state index in [0.29, 0.717) is 24.5 Å². The average Bonchev–Trinajstić information content (AvgIpc) is 2.38. The monoisotopic (exact) mass is 247 g/mol. The lowest BCUT2D eigenvalue weighted by Crippen LogP contribution is -2.50. The number of nitrogens with zero attached hydrogens (tertiary/aromatic N) is 3. The molecule has 0 aliphatic carbocycles. The molecular weight excluding hydrogens is 234 g/mol. The zero-order valence-corrected chi connectivity index (χ0v) is 9.96. The van der Waals surface area contributed by atoms with Crippen molar-refractivity contribution in [2.24, 2.45) is 0 Å². The smallest absolute Gasteiger partial charge is 0.328 e. The lowest BCUT2D eigenvalue weighted by Gasteiger charge is -2.34. The molecule has 1 N–H and O–H groups in total. The summed E-state index contributed by atoms with van der Waals surface area (Å²) in [4.78, 5) is 17.1. The van der Waals surface area contributed by atoms with Crippen molar-refractivity contribution in [1.29, 1.82) is 5.26 Å². The highest BCUT2D eigenvalue weighted by Gasteiger charge is 2.31. The summed E-state index contributed by atoms with van der Waals surface area (Å²) in [5, 5.41) is 18.2. The van der Waals surface area contributed by atoms with Gasteiger partial charge in [-0.25, -0.2) is 9.78 Å². The highest BCUT2D eigenvalue weighted by Crippen LogP contribution is 2.22. The Morgan fingerprint density at radius 2 is 2.44 bits per heavy atom. The fourth-order valence-corrected chi connectivity index (χ4v) is 1.91. The molecule has 6 nitrogen and oxygen atoms in total. The SMILES string of the molecule is Cc1ccc(C#N)c(N2CCOCC2C(=O)O)n1. The van der Waals surface area contributed by atoms with Crippen LogP contribution in [0.3, 0.4) is 0 Å². The minimum absolute atomic E-state index is 0.107. The lowest BCUT2D eigenvalue weighted by atomic mass is 10.1. The van der Waals surface area contributed by atoms with E-state index < -0.39 is 12.0 Å². The van der Waals surface area contributed by atoms with E-state index in [1.54, 1.807) is 24.0 Å². The molecule has 1 aromatic rings. The largest absolute Gasteiger partial charge is 0.480 e. The van der Waals surface area contributed by atoms with Crippen molar-refractivity contribution in [2.45, 2.75) is 13.0 Å². The first-order valence-corrected chi connectivity index (χ1v) is 5.58. The number of hydrogen-bond donors (Lipinski definition) is 1. The third-order valence-electron chi connectivity index (χ3n) is 2.82. The van der Waals surface area contributed by atoms with Gasteiger partial charge in [0.05, 0.1) is 18.8 Å². The summed E-state index contributed by atoms with van der Waals surface area (Å²) in [6, 6.07) is 4.64. The molecule has 0 amide bonds. The van der Waals surface area contributed by atoms with Gasteiger partial charge >= 0.3 is 5.97 Å². The molecule has 2 heterocycles. The van der Waals surface area contributed by atoms with Crippen LogP contribution in [0.4, 0.5) is 5.82 Å². The van der Waals surface area contributed by atoms with Gasteiger partial charge in [-0.05, 0) is 19.1 Å². The molecule has 1 aromatic heterocycles. The number of hydrogen-bond acceptors (Lipinski definition) is 5. The third-order valence-corrected chi connectivity index (χ3v) is 2.82. The number of nitriles is 1. The predicted molar refractivity (Wildman–Crippen MR) is 63.3 cm³/mol. The zero-order valence-electron chi connectivity index (χ0n) is 9.96. The maximum absolute atomic E-state index is 11.2. The molecule has 0 aromatic carbocycles. The van der Waals surface area contributed by atoms with Gasteiger partial charge in [0.1, 0.15) is 11.9 Å². The number of carboxylic acid groups (broad SMARTS) is 1. The standard InChI is InChI=1S/C12H13N3O3/c1-8-2-3-9(6-13)11(14-8)15-4-5-18-7-10(15)12(16)17/h2-3,10H,4-5,7H2,1H3,(H,16,17). The Hall–Kier alpha value is -2.13. The van der Waals surface area contributed by atoms with E-state index in [1.165, 1.54) is 0 Å². The van der Waals surface area contributed by atoms with Gasteiger partial charge in [0, 0.05) is 12.2 Å². The number of aliphatic carboxylic acids is 1. The van der Waals surface area contributed by atoms with Crippen molar-refractivity contribution < 1.29 is 14.6 Å². The van der Waals surface area contributed by atoms with Crippen molar-refractivity contribution in [2.75, 3.05) is 24.7 Å². The molecule has 2 rings (SSSR count). The number of anilines is 1. The van der Waals surface area contributed by atoms with E-state index in [4.69, 9.17) is 10.00 Å². The van der Waals surface area contributed by atoms with E-state index in [9.17, 15) is 9.90 Å². The van der Waals surface area contributed by atoms with Crippen molar-refractivity contribution in [3.63, 3.8) is 0 Å². The lowest BCUT2D eigenvalue weighted by molar-refractivity contribution is -0.141. The van der Waals surface area contributed by atoms with Crippen LogP contribution >= 0.6 is 0 Å². The van der Waals surface area contributed by atoms with Crippen LogP contribution < -0.4 is 4.90 Å². The van der Waals surface area contributed by atoms with Gasteiger partial charge in [-0.3, -0.25) is 0 Å². The van der Waals surface area contributed by atoms with Crippen LogP contribution in [0.5, 0.6) is 0 Å². The molecule has 1 aliphatic heterocycles. The number of aryl methyl sites for hydroxylation is 1. The van der Waals surface area contributed by atoms with Crippen LogP contribution in [0.2, 0.25) is 0 Å². The molecule has 1 fully saturated rings. The summed E-state index contributed by atoms with van der Waals surface area (Å²) in [7, 11) is 0. The van der Waals surface area contributed by atoms with Crippen LogP contribution in [-0.4, -0.2) is 41.9 Å². The van der Waals surface area contributed by atoms with E-state index in [-0.39, 0.29) is 6.61 Å². The van der Waals surface area contributed by atoms with Crippen LogP contribution in [0.25, 0.3) is 0 Å². The molecule has 94 valence electrons. The fraction of sp³-hybridized carbons (Fsp3) is 0.417. The van der Waals surface area contributed by atoms with E-state index >= 15 is 0 Å². The highest BCUT2D eigenvalue weighted by molar-refractivity contribution is 5.79. The summed E-state index contributed by atoms with van der Waals surface area (Å²) >= 11 is 0. The highest BCUT2D eigenvalue weighted by atomic mass is 16.5. The number of morpholine rings is 1. The van der Waals surface area contributed by atoms with Gasteiger partial charge in [0.25, 0.3) is 0 Å². The van der Waals surface area contributed by atoms with Crippen molar-refractivity contribution in [1.82, 2.24) is 4.98 Å². The minimum atomic E-state index is -0.970. The van der Waals surface area contributed by atoms with E-state index in [0.717, 1.165) is 5.69 Å². The fourth-order valence-electron chi connectivity index (χ4n) is 1.91. The second kappa shape index (κ2) is 5.02. The number of ether oxygens (including phenoxy) is 1. The normalized spacial score (nSPS) is 19.3. The van der Waals surface area contributed by atoms with Crippen LogP contribution in [0.15, 0.2) is 12.1 Å². The first-order valence-electron chi connectivity index (χ1n) is 5.58. The second-order valence-corrected chi connectivity index (χ2v) is 4.06. The quantitative estimate of drug-likeness (QED) is 0.821. The van der Waals surface area contributed by atoms with Gasteiger partial charge in [-0.2, -0.15) is 5.26 Å². The number of aromatic nitrogens is 1. The summed E-state index contributed by atoms with van der Waals surface area (Å²) < 4.78 is 5.17. The Morgan fingerprint density at radius 1 is 1.67 bits per heavy atom. The Morgan fingerprint density at radius 3 is 3.11 bits per heavy atom. The molecular formula is C12H13N3O3. The second-order valence-electron chi connectivity index (χ2n) is 4.06. The Bertz CT molecular complexity index is 510. The molecule has 18 heavy (non-hydrogen) atoms. The average molecular weight is 247 g/mol. The molecule has 1 saturated heterocycles. The first kappa shape index (κ1) is 12.3. The first-order chi connectivity index (χ1) is 8.63. The van der Waals surface area contributed by atoms with Crippen molar-refractivity contribution >= 4 is 11.8 Å². The summed E-state index contributed by atoms with van der Waals surface area (Å²) in [6.45, 7) is 2.77. The maximum atomic E-state index is 11.2. The van der Waals surface area contributed by atoms with Gasteiger partial charge in [-0.1, -0.05) is 0 Å². The number of carboxylic acids is 1. The van der Waals surface area contributed by atoms with Gasteiger partial charge in [0.15, 0.2) is 6.04 Å². The topological polar surface area (TPSA) is 86.5 Å². The van der Waals surface area contributed by atoms with Gasteiger partial charge < -0.3 is 14.7 Å². The van der Waals surface area contributed by atoms with E-state index in [1.807, 2.05) is 6.07 Å². The van der Waals surface area contributed by atoms with E-state index in [2.05, 4.69) is 4.98 Å². The molecule has 0 radical (unpaired) electrons. The summed E-state index contributed by atoms with van der Waals surface area (Å²) in [5.41, 5.74) is 1.13. The maximum Gasteiger partial charge on any atom is 0.328 e. The van der Waals surface area contributed by atoms with Crippen molar-refractivity contribution in [3.8, 4) is 6.07 Å². The van der Waals surface area contributed by atoms with Crippen LogP contribution in [0.1, 0.15) is 11.3 Å². The van der Waals surface area contributed by atoms with Gasteiger partial charge in [0.2, 0.25) is 0 Å². The van der Waals surface area contributed by atoms with Crippen LogP contribution in [0, 0.1) is 18.3 Å². The predicted octanol–water partition coefficient (Wildman–Crippen LogP) is 0.552. The number of pyridine rings is 1. The molecule has 0 spiro atoms. The molecule has 0 saturated carbocycles. The Balaban J connectivity index is 2.42. The third kappa shape index (κ3) is 2.26. The number of carbonyl (C=O) groups is 1. The minimum Gasteiger partial charge on any atom is -0.480 e. The van der Waals surface area contributed by atoms with Gasteiger partial charge in [-0.15, -0.1) is 0 Å². The Labute approximate surface area is 104 Å². The molecule has 0 bridgehead atoms. The molecule has 6 heteroatoms. The summed E-state index contributed by atoms with van der Waals surface area (Å²) in [6.07, 6.45) is 0. The molecule has 1 aliphatic rings. The molecule has 1 atom stereocenters. The summed E-state index contributed by atoms with van der Waals surface area (Å²) in [5.74, 6) is -0.546. The Kier molecular flexibility index (Phi) is 3.44.